The normalized spacial score (nSPS) is 18.5. The Balaban J connectivity index is 1.70. The summed E-state index contributed by atoms with van der Waals surface area (Å²) in [5.74, 6) is 1.48. The second-order valence-electron chi connectivity index (χ2n) is 6.95. The van der Waals surface area contributed by atoms with Gasteiger partial charge in [0.1, 0.15) is 0 Å². The lowest BCUT2D eigenvalue weighted by Gasteiger charge is -2.25. The quantitative estimate of drug-likeness (QED) is 0.472. The summed E-state index contributed by atoms with van der Waals surface area (Å²) in [4.78, 5) is 14.3. The Kier molecular flexibility index (Phi) is 9.21. The molecule has 1 fully saturated rings. The van der Waals surface area contributed by atoms with Crippen molar-refractivity contribution < 1.29 is 4.79 Å². The summed E-state index contributed by atoms with van der Waals surface area (Å²) in [7, 11) is 8.17. The number of aryl methyl sites for hydroxylation is 1. The zero-order valence-corrected chi connectivity index (χ0v) is 17.4. The number of nitrogens with zero attached hydrogens (tertiary/aromatic N) is 1. The Hall–Kier alpha value is -0.650. The third kappa shape index (κ3) is 7.24. The molecule has 1 amide bonds. The van der Waals surface area contributed by atoms with Crippen LogP contribution in [0.4, 0.5) is 0 Å². The van der Waals surface area contributed by atoms with Gasteiger partial charge >= 0.3 is 0 Å². The third-order valence-corrected chi connectivity index (χ3v) is 7.80. The Morgan fingerprint density at radius 3 is 2.64 bits per heavy atom. The van der Waals surface area contributed by atoms with E-state index in [1.54, 1.807) is 0 Å². The van der Waals surface area contributed by atoms with Gasteiger partial charge in [0, 0.05) is 24.0 Å². The maximum Gasteiger partial charge on any atom is 0.220 e. The van der Waals surface area contributed by atoms with Crippen LogP contribution in [0.25, 0.3) is 0 Å². The highest BCUT2D eigenvalue weighted by Gasteiger charge is 2.17. The summed E-state index contributed by atoms with van der Waals surface area (Å²) in [6.45, 7) is 2.84. The number of carbonyl (C=O) groups excluding carboxylic acids is 1. The molecule has 1 heterocycles. The molecule has 0 radical (unpaired) electrons. The van der Waals surface area contributed by atoms with Crippen molar-refractivity contribution in [3.05, 3.63) is 35.4 Å². The minimum atomic E-state index is 0.186. The molecule has 25 heavy (non-hydrogen) atoms. The van der Waals surface area contributed by atoms with Crippen LogP contribution >= 0.6 is 21.6 Å². The van der Waals surface area contributed by atoms with Gasteiger partial charge in [-0.15, -0.1) is 0 Å². The minimum absolute atomic E-state index is 0.186. The van der Waals surface area contributed by atoms with Crippen LogP contribution in [0.3, 0.4) is 0 Å². The molecule has 1 saturated heterocycles. The molecule has 140 valence electrons. The van der Waals surface area contributed by atoms with Crippen molar-refractivity contribution in [2.24, 2.45) is 0 Å². The number of unbranched alkanes of at least 4 members (excludes halogenated alkanes) is 1. The largest absolute Gasteiger partial charge is 0.354 e. The average molecular weight is 381 g/mol. The molecule has 0 aromatic heterocycles. The van der Waals surface area contributed by atoms with Crippen LogP contribution in [0, 0.1) is 0 Å². The zero-order valence-electron chi connectivity index (χ0n) is 15.8. The van der Waals surface area contributed by atoms with Crippen molar-refractivity contribution in [1.82, 2.24) is 10.2 Å². The van der Waals surface area contributed by atoms with E-state index in [9.17, 15) is 4.79 Å². The van der Waals surface area contributed by atoms with Crippen molar-refractivity contribution >= 4 is 27.5 Å². The van der Waals surface area contributed by atoms with Crippen LogP contribution in [0.2, 0.25) is 0 Å². The summed E-state index contributed by atoms with van der Waals surface area (Å²) in [5, 5.41) is 3.95. The number of nitrogens with one attached hydrogen (secondary N) is 1. The molecule has 1 aromatic carbocycles. The first-order valence-electron chi connectivity index (χ1n) is 9.40. The Bertz CT molecular complexity index is 513. The van der Waals surface area contributed by atoms with Crippen LogP contribution in [0.5, 0.6) is 0 Å². The number of hydrogen-bond donors (Lipinski definition) is 1. The first-order valence-corrected chi connectivity index (χ1v) is 11.8. The van der Waals surface area contributed by atoms with Crippen LogP contribution in [-0.2, 0) is 11.2 Å². The van der Waals surface area contributed by atoms with E-state index >= 15 is 0 Å². The predicted octanol–water partition coefficient (Wildman–Crippen LogP) is 4.68. The summed E-state index contributed by atoms with van der Waals surface area (Å²) in [6.07, 6.45) is 6.48. The summed E-state index contributed by atoms with van der Waals surface area (Å²) in [5.41, 5.74) is 2.61. The fourth-order valence-corrected chi connectivity index (χ4v) is 6.12. The summed E-state index contributed by atoms with van der Waals surface area (Å²) < 4.78 is 0. The molecule has 1 N–H and O–H groups in total. The highest BCUT2D eigenvalue weighted by molar-refractivity contribution is 8.77. The van der Waals surface area contributed by atoms with E-state index in [2.05, 4.69) is 55.5 Å². The second-order valence-corrected chi connectivity index (χ2v) is 9.74. The maximum atomic E-state index is 12.2. The fourth-order valence-electron chi connectivity index (χ4n) is 3.09. The molecule has 0 bridgehead atoms. The molecule has 2 atom stereocenters. The summed E-state index contributed by atoms with van der Waals surface area (Å²) in [6, 6.07) is 8.97. The van der Waals surface area contributed by atoms with E-state index in [0.717, 1.165) is 18.1 Å². The van der Waals surface area contributed by atoms with Gasteiger partial charge in [-0.25, -0.2) is 0 Å². The predicted molar refractivity (Wildman–Crippen MR) is 112 cm³/mol. The first kappa shape index (κ1) is 20.7. The number of amides is 1. The molecule has 3 nitrogen and oxygen atoms in total. The van der Waals surface area contributed by atoms with Crippen LogP contribution in [0.1, 0.15) is 56.2 Å². The molecule has 2 rings (SSSR count). The number of rotatable bonds is 10. The third-order valence-electron chi connectivity index (χ3n) is 4.80. The molecule has 2 unspecified atom stereocenters. The van der Waals surface area contributed by atoms with Crippen molar-refractivity contribution in [3.8, 4) is 0 Å². The van der Waals surface area contributed by atoms with Gasteiger partial charge in [0.15, 0.2) is 0 Å². The van der Waals surface area contributed by atoms with Gasteiger partial charge in [-0.2, -0.15) is 0 Å². The Labute approximate surface area is 161 Å². The smallest absolute Gasteiger partial charge is 0.220 e. The number of hydrogen-bond acceptors (Lipinski definition) is 4. The lowest BCUT2D eigenvalue weighted by molar-refractivity contribution is -0.121. The molecule has 1 aliphatic rings. The molecule has 0 spiro atoms. The fraction of sp³-hybridized carbons (Fsp3) is 0.650. The van der Waals surface area contributed by atoms with Crippen LogP contribution in [0.15, 0.2) is 24.3 Å². The highest BCUT2D eigenvalue weighted by atomic mass is 33.1. The van der Waals surface area contributed by atoms with E-state index in [1.165, 1.54) is 36.1 Å². The highest BCUT2D eigenvalue weighted by Crippen LogP contribution is 2.39. The molecule has 1 aliphatic heterocycles. The molecule has 0 aliphatic carbocycles. The topological polar surface area (TPSA) is 32.3 Å². The van der Waals surface area contributed by atoms with Crippen molar-refractivity contribution in [2.75, 3.05) is 26.4 Å². The SMILES string of the molecule is CCc1ccc(C(CNC(=O)CCCCC2CCSS2)N(C)C)cc1. The van der Waals surface area contributed by atoms with Gasteiger partial charge < -0.3 is 10.2 Å². The van der Waals surface area contributed by atoms with Crippen molar-refractivity contribution in [2.45, 2.75) is 56.7 Å². The van der Waals surface area contributed by atoms with Gasteiger partial charge in [0.2, 0.25) is 5.91 Å². The summed E-state index contributed by atoms with van der Waals surface area (Å²) >= 11 is 0. The Morgan fingerprint density at radius 2 is 2.04 bits per heavy atom. The van der Waals surface area contributed by atoms with E-state index in [1.807, 2.05) is 21.6 Å². The lowest BCUT2D eigenvalue weighted by atomic mass is 10.0. The molecular weight excluding hydrogens is 348 g/mol. The van der Waals surface area contributed by atoms with E-state index in [0.29, 0.717) is 13.0 Å². The van der Waals surface area contributed by atoms with Crippen molar-refractivity contribution in [3.63, 3.8) is 0 Å². The second kappa shape index (κ2) is 11.1. The zero-order chi connectivity index (χ0) is 18.1. The molecule has 1 aromatic rings. The average Bonchev–Trinajstić information content (AvgIpc) is 3.12. The van der Waals surface area contributed by atoms with E-state index in [-0.39, 0.29) is 11.9 Å². The van der Waals surface area contributed by atoms with Crippen LogP contribution < -0.4 is 5.32 Å². The number of carbonyl (C=O) groups is 1. The molecular formula is C20H32N2OS2. The molecule has 5 heteroatoms. The van der Waals surface area contributed by atoms with Crippen molar-refractivity contribution in [1.29, 1.82) is 0 Å². The van der Waals surface area contributed by atoms with E-state index in [4.69, 9.17) is 0 Å². The maximum absolute atomic E-state index is 12.2. The number of benzene rings is 1. The monoisotopic (exact) mass is 380 g/mol. The van der Waals surface area contributed by atoms with Gasteiger partial charge in [-0.3, -0.25) is 4.79 Å². The first-order chi connectivity index (χ1) is 12.1. The van der Waals surface area contributed by atoms with Gasteiger partial charge in [-0.05, 0) is 50.9 Å². The minimum Gasteiger partial charge on any atom is -0.354 e. The van der Waals surface area contributed by atoms with E-state index < -0.39 is 0 Å². The lowest BCUT2D eigenvalue weighted by Crippen LogP contribution is -2.34. The van der Waals surface area contributed by atoms with Crippen LogP contribution in [-0.4, -0.2) is 42.4 Å². The van der Waals surface area contributed by atoms with Gasteiger partial charge in [-0.1, -0.05) is 59.2 Å². The number of likely N-dealkylation sites (N-methyl/N-ethyl adjacent to an activating group) is 1. The molecule has 0 saturated carbocycles. The van der Waals surface area contributed by atoms with Gasteiger partial charge in [0.25, 0.3) is 0 Å². The van der Waals surface area contributed by atoms with Gasteiger partial charge in [0.05, 0.1) is 6.04 Å². The standard InChI is InChI=1S/C20H32N2OS2/c1-4-16-9-11-17(12-10-16)19(22(2)3)15-21-20(23)8-6-5-7-18-13-14-24-25-18/h9-12,18-19H,4-8,13-15H2,1-3H3,(H,21,23). The Morgan fingerprint density at radius 1 is 1.28 bits per heavy atom.